The zero-order valence-electron chi connectivity index (χ0n) is 19.5. The maximum absolute atomic E-state index is 13.2. The molecule has 0 amide bonds. The molecule has 1 heterocycles. The largest absolute Gasteiger partial charge is 0.496 e. The summed E-state index contributed by atoms with van der Waals surface area (Å²) in [6.45, 7) is 13.1. The summed E-state index contributed by atoms with van der Waals surface area (Å²) in [5.74, 6) is 0.355. The number of ether oxygens (including phenoxy) is 1. The first-order chi connectivity index (χ1) is 15.2. The second-order valence-corrected chi connectivity index (χ2v) is 9.34. The smallest absolute Gasteiger partial charge is 0.189 e. The third kappa shape index (κ3) is 5.69. The number of piperazine rings is 1. The molecule has 0 N–H and O–H groups in total. The van der Waals surface area contributed by atoms with E-state index >= 15 is 0 Å². The van der Waals surface area contributed by atoms with Gasteiger partial charge in [0.2, 0.25) is 0 Å². The van der Waals surface area contributed by atoms with Crippen LogP contribution in [-0.4, -0.2) is 55.9 Å². The molecular formula is C27H33ClN2O2. The summed E-state index contributed by atoms with van der Waals surface area (Å²) in [5.41, 5.74) is 3.26. The number of allylic oxidation sites excluding steroid dienone is 2. The van der Waals surface area contributed by atoms with Crippen molar-refractivity contribution >= 4 is 23.5 Å². The fourth-order valence-corrected chi connectivity index (χ4v) is 4.26. The van der Waals surface area contributed by atoms with Crippen LogP contribution in [0.15, 0.2) is 55.1 Å². The number of halogens is 1. The minimum absolute atomic E-state index is 0.117. The number of carbonyl (C=O) groups is 1. The molecule has 5 heteroatoms. The fourth-order valence-electron chi connectivity index (χ4n) is 3.86. The molecule has 0 atom stereocenters. The van der Waals surface area contributed by atoms with E-state index in [1.54, 1.807) is 19.3 Å². The number of hydrogen-bond donors (Lipinski definition) is 0. The van der Waals surface area contributed by atoms with Gasteiger partial charge in [-0.3, -0.25) is 9.69 Å². The first kappa shape index (κ1) is 24.2. The van der Waals surface area contributed by atoms with E-state index in [-0.39, 0.29) is 11.2 Å². The van der Waals surface area contributed by atoms with Crippen molar-refractivity contribution in [3.63, 3.8) is 0 Å². The Morgan fingerprint density at radius 2 is 1.88 bits per heavy atom. The number of rotatable bonds is 8. The van der Waals surface area contributed by atoms with Crippen molar-refractivity contribution in [1.29, 1.82) is 0 Å². The molecule has 2 aromatic rings. The van der Waals surface area contributed by atoms with E-state index in [9.17, 15) is 4.79 Å². The van der Waals surface area contributed by atoms with Gasteiger partial charge in [0, 0.05) is 43.2 Å². The van der Waals surface area contributed by atoms with E-state index in [4.69, 9.17) is 16.3 Å². The topological polar surface area (TPSA) is 32.8 Å². The molecule has 0 aromatic heterocycles. The Balaban J connectivity index is 1.85. The van der Waals surface area contributed by atoms with E-state index in [2.05, 4.69) is 41.6 Å². The monoisotopic (exact) mass is 452 g/mol. The van der Waals surface area contributed by atoms with Gasteiger partial charge in [-0.1, -0.05) is 61.9 Å². The van der Waals surface area contributed by atoms with Gasteiger partial charge in [-0.05, 0) is 41.9 Å². The van der Waals surface area contributed by atoms with Crippen molar-refractivity contribution < 1.29 is 9.53 Å². The zero-order valence-corrected chi connectivity index (χ0v) is 20.3. The first-order valence-corrected chi connectivity index (χ1v) is 11.4. The third-order valence-electron chi connectivity index (χ3n) is 6.22. The van der Waals surface area contributed by atoms with Gasteiger partial charge in [-0.2, -0.15) is 0 Å². The number of nitrogens with zero attached hydrogens (tertiary/aromatic N) is 2. The molecule has 0 radical (unpaired) electrons. The second kappa shape index (κ2) is 10.5. The van der Waals surface area contributed by atoms with Gasteiger partial charge in [0.05, 0.1) is 12.7 Å². The lowest BCUT2D eigenvalue weighted by atomic mass is 9.83. The zero-order chi connectivity index (χ0) is 23.3. The average Bonchev–Trinajstić information content (AvgIpc) is 2.79. The summed E-state index contributed by atoms with van der Waals surface area (Å²) >= 11 is 6.48. The highest BCUT2D eigenvalue weighted by Crippen LogP contribution is 2.36. The lowest BCUT2D eigenvalue weighted by molar-refractivity contribution is 0.104. The van der Waals surface area contributed by atoms with Crippen molar-refractivity contribution in [3.05, 3.63) is 82.4 Å². The molecular weight excluding hydrogens is 420 g/mol. The van der Waals surface area contributed by atoms with Crippen molar-refractivity contribution in [1.82, 2.24) is 9.80 Å². The number of benzene rings is 2. The molecule has 1 aliphatic rings. The number of hydrogen-bond acceptors (Lipinski definition) is 4. The van der Waals surface area contributed by atoms with Crippen molar-refractivity contribution in [2.45, 2.75) is 25.8 Å². The average molecular weight is 453 g/mol. The Labute approximate surface area is 197 Å². The van der Waals surface area contributed by atoms with Crippen LogP contribution in [0.1, 0.15) is 40.9 Å². The third-order valence-corrected chi connectivity index (χ3v) is 6.53. The summed E-state index contributed by atoms with van der Waals surface area (Å²) in [6.07, 6.45) is 5.36. The molecule has 4 nitrogen and oxygen atoms in total. The maximum Gasteiger partial charge on any atom is 0.189 e. The van der Waals surface area contributed by atoms with Crippen LogP contribution in [-0.2, 0) is 12.0 Å². The normalized spacial score (nSPS) is 15.8. The Morgan fingerprint density at radius 3 is 2.53 bits per heavy atom. The number of likely N-dealkylation sites (N-methyl/N-ethyl adjacent to an activating group) is 1. The van der Waals surface area contributed by atoms with Crippen molar-refractivity contribution in [2.75, 3.05) is 40.3 Å². The summed E-state index contributed by atoms with van der Waals surface area (Å²) in [4.78, 5) is 18.0. The molecule has 1 fully saturated rings. The summed E-state index contributed by atoms with van der Waals surface area (Å²) < 4.78 is 5.46. The van der Waals surface area contributed by atoms with Crippen LogP contribution in [0.2, 0.25) is 5.02 Å². The van der Waals surface area contributed by atoms with Crippen molar-refractivity contribution in [3.8, 4) is 5.75 Å². The van der Waals surface area contributed by atoms with Gasteiger partial charge < -0.3 is 9.64 Å². The predicted octanol–water partition coefficient (Wildman–Crippen LogP) is 5.46. The van der Waals surface area contributed by atoms with Crippen LogP contribution in [0.3, 0.4) is 0 Å². The van der Waals surface area contributed by atoms with E-state index in [1.807, 2.05) is 38.1 Å². The van der Waals surface area contributed by atoms with Crippen LogP contribution < -0.4 is 4.74 Å². The van der Waals surface area contributed by atoms with E-state index in [0.717, 1.165) is 43.9 Å². The van der Waals surface area contributed by atoms with Gasteiger partial charge >= 0.3 is 0 Å². The minimum atomic E-state index is -0.364. The fraction of sp³-hybridized carbons (Fsp3) is 0.370. The molecule has 0 spiro atoms. The molecule has 3 rings (SSSR count). The molecule has 2 aromatic carbocycles. The number of carbonyl (C=O) groups excluding carboxylic acids is 1. The lowest BCUT2D eigenvalue weighted by Crippen LogP contribution is -2.43. The molecule has 1 saturated heterocycles. The van der Waals surface area contributed by atoms with Crippen LogP contribution in [0.25, 0.3) is 6.08 Å². The summed E-state index contributed by atoms with van der Waals surface area (Å²) in [6, 6.07) is 11.8. The quantitative estimate of drug-likeness (QED) is 0.302. The molecule has 0 bridgehead atoms. The Morgan fingerprint density at radius 1 is 1.19 bits per heavy atom. The number of methoxy groups -OCH3 is 1. The van der Waals surface area contributed by atoms with Crippen LogP contribution in [0.4, 0.5) is 0 Å². The molecule has 32 heavy (non-hydrogen) atoms. The van der Waals surface area contributed by atoms with Crippen LogP contribution in [0.5, 0.6) is 5.75 Å². The highest BCUT2D eigenvalue weighted by molar-refractivity contribution is 6.32. The molecule has 1 aliphatic heterocycles. The molecule has 0 unspecified atom stereocenters. The highest BCUT2D eigenvalue weighted by atomic mass is 35.5. The molecule has 0 aliphatic carbocycles. The van der Waals surface area contributed by atoms with Gasteiger partial charge in [0.15, 0.2) is 5.78 Å². The predicted molar refractivity (Wildman–Crippen MR) is 134 cm³/mol. The minimum Gasteiger partial charge on any atom is -0.496 e. The lowest BCUT2D eigenvalue weighted by Gasteiger charge is -2.32. The second-order valence-electron chi connectivity index (χ2n) is 8.93. The SMILES string of the molecule is C=CC(C)(C)c1cc(C(=O)/C=C/c2ccccc2CN2CCN(C)CC2)c(OC)cc1Cl. The first-order valence-electron chi connectivity index (χ1n) is 11.0. The van der Waals surface area contributed by atoms with Gasteiger partial charge in [0.1, 0.15) is 5.75 Å². The van der Waals surface area contributed by atoms with Gasteiger partial charge in [0.25, 0.3) is 0 Å². The van der Waals surface area contributed by atoms with Crippen LogP contribution >= 0.6 is 11.6 Å². The Kier molecular flexibility index (Phi) is 7.94. The highest BCUT2D eigenvalue weighted by Gasteiger charge is 2.23. The van der Waals surface area contributed by atoms with E-state index < -0.39 is 0 Å². The number of ketones is 1. The molecule has 170 valence electrons. The summed E-state index contributed by atoms with van der Waals surface area (Å²) in [7, 11) is 3.71. The van der Waals surface area contributed by atoms with Gasteiger partial charge in [-0.15, -0.1) is 6.58 Å². The summed E-state index contributed by atoms with van der Waals surface area (Å²) in [5, 5.41) is 0.560. The Bertz CT molecular complexity index is 1000. The maximum atomic E-state index is 13.2. The standard InChI is InChI=1S/C27H33ClN2O2/c1-6-27(2,3)23-17-22(26(32-5)18-24(23)28)25(31)12-11-20-9-7-8-10-21(20)19-30-15-13-29(4)14-16-30/h6-12,17-18H,1,13-16,19H2,2-5H3/b12-11+. The van der Waals surface area contributed by atoms with Gasteiger partial charge in [-0.25, -0.2) is 0 Å². The van der Waals surface area contributed by atoms with Crippen molar-refractivity contribution in [2.24, 2.45) is 0 Å². The van der Waals surface area contributed by atoms with E-state index in [0.29, 0.717) is 16.3 Å². The Hall–Kier alpha value is -2.40. The molecule has 0 saturated carbocycles. The van der Waals surface area contributed by atoms with E-state index in [1.165, 1.54) is 5.56 Å². The van der Waals surface area contributed by atoms with Crippen LogP contribution in [0, 0.1) is 0 Å².